The van der Waals surface area contributed by atoms with Crippen LogP contribution in [0.5, 0.6) is 0 Å². The highest BCUT2D eigenvalue weighted by atomic mass is 16.5. The van der Waals surface area contributed by atoms with Crippen LogP contribution in [0.15, 0.2) is 12.5 Å². The lowest BCUT2D eigenvalue weighted by Crippen LogP contribution is -2.43. The van der Waals surface area contributed by atoms with Gasteiger partial charge in [0.2, 0.25) is 0 Å². The number of carbonyl (C=O) groups excluding carboxylic acids is 2. The van der Waals surface area contributed by atoms with Gasteiger partial charge in [-0.15, -0.1) is 0 Å². The molecule has 1 N–H and O–H groups in total. The summed E-state index contributed by atoms with van der Waals surface area (Å²) in [7, 11) is 0. The van der Waals surface area contributed by atoms with Gasteiger partial charge in [0, 0.05) is 12.8 Å². The fourth-order valence-corrected chi connectivity index (χ4v) is 3.86. The SMILES string of the molecule is CCOC(=O)C(CC1CCCCC1)NC(=O)c1cn(C2CCOC2)cn1. The fraction of sp³-hybridized carbons (Fsp3) is 0.737. The molecule has 144 valence electrons. The lowest BCUT2D eigenvalue weighted by Gasteiger charge is -2.25. The Morgan fingerprint density at radius 1 is 1.35 bits per heavy atom. The summed E-state index contributed by atoms with van der Waals surface area (Å²) in [4.78, 5) is 29.1. The van der Waals surface area contributed by atoms with Crippen LogP contribution in [0.1, 0.15) is 68.4 Å². The Balaban J connectivity index is 1.62. The highest BCUT2D eigenvalue weighted by Gasteiger charge is 2.28. The lowest BCUT2D eigenvalue weighted by molar-refractivity contribution is -0.146. The van der Waals surface area contributed by atoms with Crippen molar-refractivity contribution in [1.29, 1.82) is 0 Å². The largest absolute Gasteiger partial charge is 0.464 e. The van der Waals surface area contributed by atoms with E-state index in [4.69, 9.17) is 9.47 Å². The minimum Gasteiger partial charge on any atom is -0.464 e. The van der Waals surface area contributed by atoms with Gasteiger partial charge in [0.25, 0.3) is 5.91 Å². The maximum Gasteiger partial charge on any atom is 0.328 e. The van der Waals surface area contributed by atoms with Gasteiger partial charge in [0.05, 0.1) is 25.6 Å². The minimum absolute atomic E-state index is 0.229. The Bertz CT molecular complexity index is 604. The van der Waals surface area contributed by atoms with Gasteiger partial charge < -0.3 is 19.4 Å². The summed E-state index contributed by atoms with van der Waals surface area (Å²) in [5, 5.41) is 2.85. The number of esters is 1. The van der Waals surface area contributed by atoms with Crippen molar-refractivity contribution in [3.05, 3.63) is 18.2 Å². The van der Waals surface area contributed by atoms with E-state index in [1.807, 2.05) is 4.57 Å². The molecule has 0 bridgehead atoms. The van der Waals surface area contributed by atoms with Gasteiger partial charge in [0.1, 0.15) is 11.7 Å². The van der Waals surface area contributed by atoms with Crippen LogP contribution in [0.2, 0.25) is 0 Å². The highest BCUT2D eigenvalue weighted by Crippen LogP contribution is 2.27. The molecule has 1 saturated heterocycles. The third-order valence-electron chi connectivity index (χ3n) is 5.33. The summed E-state index contributed by atoms with van der Waals surface area (Å²) < 4.78 is 12.5. The molecule has 7 heteroatoms. The van der Waals surface area contributed by atoms with Crippen molar-refractivity contribution in [3.8, 4) is 0 Å². The summed E-state index contributed by atoms with van der Waals surface area (Å²) in [5.74, 6) is -0.210. The maximum atomic E-state index is 12.6. The van der Waals surface area contributed by atoms with Gasteiger partial charge in [-0.3, -0.25) is 4.79 Å². The molecule has 7 nitrogen and oxygen atoms in total. The first-order chi connectivity index (χ1) is 12.7. The zero-order valence-electron chi connectivity index (χ0n) is 15.5. The van der Waals surface area contributed by atoms with E-state index in [-0.39, 0.29) is 17.9 Å². The summed E-state index contributed by atoms with van der Waals surface area (Å²) in [6.07, 6.45) is 10.8. The lowest BCUT2D eigenvalue weighted by atomic mass is 9.85. The molecule has 0 spiro atoms. The van der Waals surface area contributed by atoms with Gasteiger partial charge in [-0.1, -0.05) is 32.1 Å². The molecule has 1 aromatic heterocycles. The molecule has 2 atom stereocenters. The molecule has 0 aromatic carbocycles. The van der Waals surface area contributed by atoms with Crippen molar-refractivity contribution in [2.75, 3.05) is 19.8 Å². The van der Waals surface area contributed by atoms with Crippen LogP contribution in [0.25, 0.3) is 0 Å². The Kier molecular flexibility index (Phi) is 6.66. The van der Waals surface area contributed by atoms with Gasteiger partial charge in [-0.05, 0) is 25.7 Å². The van der Waals surface area contributed by atoms with Crippen molar-refractivity contribution >= 4 is 11.9 Å². The van der Waals surface area contributed by atoms with Crippen molar-refractivity contribution in [2.45, 2.75) is 64.0 Å². The number of amides is 1. The first kappa shape index (κ1) is 18.9. The van der Waals surface area contributed by atoms with Gasteiger partial charge in [-0.2, -0.15) is 0 Å². The second-order valence-corrected chi connectivity index (χ2v) is 7.24. The number of carbonyl (C=O) groups is 2. The molecule has 26 heavy (non-hydrogen) atoms. The summed E-state index contributed by atoms with van der Waals surface area (Å²) >= 11 is 0. The number of aromatic nitrogens is 2. The number of hydrogen-bond donors (Lipinski definition) is 1. The third-order valence-corrected chi connectivity index (χ3v) is 5.33. The average molecular weight is 363 g/mol. The van der Waals surface area contributed by atoms with Crippen molar-refractivity contribution in [3.63, 3.8) is 0 Å². The van der Waals surface area contributed by atoms with E-state index in [1.54, 1.807) is 19.4 Å². The first-order valence-electron chi connectivity index (χ1n) is 9.76. The zero-order chi connectivity index (χ0) is 18.4. The van der Waals surface area contributed by atoms with Gasteiger partial charge in [-0.25, -0.2) is 9.78 Å². The molecule has 2 fully saturated rings. The molecule has 1 aromatic rings. The van der Waals surface area contributed by atoms with E-state index in [1.165, 1.54) is 19.3 Å². The summed E-state index contributed by atoms with van der Waals surface area (Å²) in [5.41, 5.74) is 0.329. The molecule has 1 aliphatic heterocycles. The third kappa shape index (κ3) is 4.84. The Hall–Kier alpha value is -1.89. The Morgan fingerprint density at radius 3 is 2.85 bits per heavy atom. The second-order valence-electron chi connectivity index (χ2n) is 7.24. The van der Waals surface area contributed by atoms with Crippen molar-refractivity contribution in [2.24, 2.45) is 5.92 Å². The number of nitrogens with zero attached hydrogens (tertiary/aromatic N) is 2. The number of ether oxygens (including phenoxy) is 2. The monoisotopic (exact) mass is 363 g/mol. The molecule has 2 unspecified atom stereocenters. The number of hydrogen-bond acceptors (Lipinski definition) is 5. The van der Waals surface area contributed by atoms with Crippen LogP contribution in [-0.2, 0) is 14.3 Å². The molecule has 1 aliphatic carbocycles. The second kappa shape index (κ2) is 9.16. The minimum atomic E-state index is -0.606. The fourth-order valence-electron chi connectivity index (χ4n) is 3.86. The number of rotatable bonds is 7. The smallest absolute Gasteiger partial charge is 0.328 e. The maximum absolute atomic E-state index is 12.6. The predicted molar refractivity (Wildman–Crippen MR) is 95.8 cm³/mol. The molecule has 3 rings (SSSR count). The molecule has 0 radical (unpaired) electrons. The van der Waals surface area contributed by atoms with E-state index in [2.05, 4.69) is 10.3 Å². The molecule has 2 aliphatic rings. The van der Waals surface area contributed by atoms with E-state index in [0.29, 0.717) is 31.2 Å². The standard InChI is InChI=1S/C19H29N3O4/c1-2-26-19(24)16(10-14-6-4-3-5-7-14)21-18(23)17-11-22(13-20-17)15-8-9-25-12-15/h11,13-16H,2-10,12H2,1H3,(H,21,23). The van der Waals surface area contributed by atoms with Crippen LogP contribution in [-0.4, -0.2) is 47.3 Å². The van der Waals surface area contributed by atoms with Crippen LogP contribution < -0.4 is 5.32 Å². The summed E-state index contributed by atoms with van der Waals surface area (Å²) in [6, 6.07) is -0.377. The van der Waals surface area contributed by atoms with Gasteiger partial charge in [0.15, 0.2) is 0 Å². The van der Waals surface area contributed by atoms with Crippen molar-refractivity contribution < 1.29 is 19.1 Å². The molecule has 1 saturated carbocycles. The molecular formula is C19H29N3O4. The first-order valence-corrected chi connectivity index (χ1v) is 9.76. The van der Waals surface area contributed by atoms with E-state index >= 15 is 0 Å². The van der Waals surface area contributed by atoms with E-state index < -0.39 is 6.04 Å². The number of imidazole rings is 1. The van der Waals surface area contributed by atoms with Crippen LogP contribution in [0, 0.1) is 5.92 Å². The summed E-state index contributed by atoms with van der Waals surface area (Å²) in [6.45, 7) is 3.47. The molecule has 1 amide bonds. The molecule has 2 heterocycles. The zero-order valence-corrected chi connectivity index (χ0v) is 15.5. The van der Waals surface area contributed by atoms with E-state index in [9.17, 15) is 9.59 Å². The van der Waals surface area contributed by atoms with Crippen LogP contribution in [0.3, 0.4) is 0 Å². The van der Waals surface area contributed by atoms with Gasteiger partial charge >= 0.3 is 5.97 Å². The normalized spacial score (nSPS) is 22.1. The highest BCUT2D eigenvalue weighted by molar-refractivity contribution is 5.95. The average Bonchev–Trinajstić information content (AvgIpc) is 3.33. The number of nitrogens with one attached hydrogen (secondary N) is 1. The Labute approximate surface area is 154 Å². The quantitative estimate of drug-likeness (QED) is 0.753. The predicted octanol–water partition coefficient (Wildman–Crippen LogP) is 2.48. The van der Waals surface area contributed by atoms with Crippen LogP contribution >= 0.6 is 0 Å². The van der Waals surface area contributed by atoms with Crippen molar-refractivity contribution in [1.82, 2.24) is 14.9 Å². The molecular weight excluding hydrogens is 334 g/mol. The van der Waals surface area contributed by atoms with Crippen LogP contribution in [0.4, 0.5) is 0 Å². The Morgan fingerprint density at radius 2 is 2.15 bits per heavy atom. The topological polar surface area (TPSA) is 82.5 Å². The van der Waals surface area contributed by atoms with E-state index in [0.717, 1.165) is 25.9 Å².